The maximum atomic E-state index is 4.15. The number of anilines is 1. The Hall–Kier alpha value is -1.58. The van der Waals surface area contributed by atoms with Gasteiger partial charge in [-0.05, 0) is 6.92 Å². The summed E-state index contributed by atoms with van der Waals surface area (Å²) in [5.41, 5.74) is 0.948. The van der Waals surface area contributed by atoms with E-state index in [4.69, 9.17) is 0 Å². The first-order chi connectivity index (χ1) is 5.81. The van der Waals surface area contributed by atoms with Crippen LogP contribution in [0.5, 0.6) is 0 Å². The summed E-state index contributed by atoms with van der Waals surface area (Å²) in [7, 11) is 1.77. The van der Waals surface area contributed by atoms with Crippen molar-refractivity contribution in [2.24, 2.45) is 0 Å². The molecule has 0 aromatic carbocycles. The first kappa shape index (κ1) is 8.52. The van der Waals surface area contributed by atoms with E-state index in [2.05, 4.69) is 27.1 Å². The van der Waals surface area contributed by atoms with Gasteiger partial charge in [0.15, 0.2) is 5.82 Å². The van der Waals surface area contributed by atoms with Gasteiger partial charge >= 0.3 is 0 Å². The lowest BCUT2D eigenvalue weighted by Crippen LogP contribution is -1.89. The van der Waals surface area contributed by atoms with E-state index >= 15 is 0 Å². The van der Waals surface area contributed by atoms with E-state index < -0.39 is 0 Å². The normalized spacial score (nSPS) is 11.3. The van der Waals surface area contributed by atoms with Crippen molar-refractivity contribution in [3.63, 3.8) is 0 Å². The molecule has 0 unspecified atom stereocenters. The Morgan fingerprint density at radius 2 is 2.42 bits per heavy atom. The maximum Gasteiger partial charge on any atom is 0.242 e. The van der Waals surface area contributed by atoms with Gasteiger partial charge in [0.1, 0.15) is 0 Å². The molecular formula is C8H12N4. The number of hydrogen-bond donors (Lipinski definition) is 2. The van der Waals surface area contributed by atoms with E-state index in [-0.39, 0.29) is 0 Å². The zero-order valence-electron chi connectivity index (χ0n) is 7.26. The molecule has 0 radical (unpaired) electrons. The molecule has 4 nitrogen and oxygen atoms in total. The Morgan fingerprint density at radius 3 is 2.83 bits per heavy atom. The molecule has 0 fully saturated rings. The van der Waals surface area contributed by atoms with E-state index in [0.29, 0.717) is 5.95 Å². The molecule has 0 aliphatic rings. The first-order valence-corrected chi connectivity index (χ1v) is 3.71. The number of nitrogens with one attached hydrogen (secondary N) is 2. The zero-order chi connectivity index (χ0) is 8.97. The number of hydrogen-bond acceptors (Lipinski definition) is 3. The monoisotopic (exact) mass is 164 g/mol. The predicted octanol–water partition coefficient (Wildman–Crippen LogP) is 1.44. The molecular weight excluding hydrogens is 152 g/mol. The highest BCUT2D eigenvalue weighted by Gasteiger charge is 2.02. The number of aromatic nitrogens is 3. The second kappa shape index (κ2) is 3.71. The van der Waals surface area contributed by atoms with Crippen LogP contribution in [0.2, 0.25) is 0 Å². The van der Waals surface area contributed by atoms with Crippen molar-refractivity contribution in [2.45, 2.75) is 6.92 Å². The van der Waals surface area contributed by atoms with Gasteiger partial charge in [-0.1, -0.05) is 18.7 Å². The summed E-state index contributed by atoms with van der Waals surface area (Å²) in [6.07, 6.45) is 3.66. The molecule has 0 saturated carbocycles. The number of rotatable bonds is 3. The van der Waals surface area contributed by atoms with Gasteiger partial charge in [-0.2, -0.15) is 4.98 Å². The second-order valence-electron chi connectivity index (χ2n) is 2.21. The quantitative estimate of drug-likeness (QED) is 0.664. The average molecular weight is 164 g/mol. The van der Waals surface area contributed by atoms with Crippen molar-refractivity contribution >= 4 is 11.5 Å². The molecule has 1 rings (SSSR count). The van der Waals surface area contributed by atoms with E-state index in [0.717, 1.165) is 11.4 Å². The number of nitrogens with zero attached hydrogens (tertiary/aromatic N) is 2. The molecule has 1 aromatic rings. The molecule has 4 heteroatoms. The molecule has 0 saturated heterocycles. The SMILES string of the molecule is C=C/C(=C\C)c1nc(NC)n[nH]1. The van der Waals surface area contributed by atoms with E-state index in [1.54, 1.807) is 13.1 Å². The van der Waals surface area contributed by atoms with Crippen molar-refractivity contribution in [1.29, 1.82) is 0 Å². The smallest absolute Gasteiger partial charge is 0.242 e. The average Bonchev–Trinajstić information content (AvgIpc) is 2.55. The first-order valence-electron chi connectivity index (χ1n) is 3.71. The Bertz CT molecular complexity index is 298. The maximum absolute atomic E-state index is 4.15. The van der Waals surface area contributed by atoms with Crippen molar-refractivity contribution in [3.8, 4) is 0 Å². The summed E-state index contributed by atoms with van der Waals surface area (Å²) < 4.78 is 0. The summed E-state index contributed by atoms with van der Waals surface area (Å²) in [5, 5.41) is 9.55. The fourth-order valence-electron chi connectivity index (χ4n) is 0.854. The largest absolute Gasteiger partial charge is 0.356 e. The van der Waals surface area contributed by atoms with Gasteiger partial charge < -0.3 is 5.32 Å². The highest BCUT2D eigenvalue weighted by atomic mass is 15.3. The molecule has 0 bridgehead atoms. The minimum atomic E-state index is 0.589. The molecule has 0 spiro atoms. The number of allylic oxidation sites excluding steroid dienone is 3. The van der Waals surface area contributed by atoms with Gasteiger partial charge in [-0.25, -0.2) is 0 Å². The third kappa shape index (κ3) is 1.53. The molecule has 2 N–H and O–H groups in total. The Balaban J connectivity index is 2.95. The molecule has 1 aromatic heterocycles. The van der Waals surface area contributed by atoms with Gasteiger partial charge in [0.05, 0.1) is 0 Å². The minimum Gasteiger partial charge on any atom is -0.356 e. The molecule has 1 heterocycles. The highest BCUT2D eigenvalue weighted by molar-refractivity contribution is 5.68. The minimum absolute atomic E-state index is 0.589. The van der Waals surface area contributed by atoms with Crippen LogP contribution < -0.4 is 5.32 Å². The summed E-state index contributed by atoms with van der Waals surface area (Å²) >= 11 is 0. The van der Waals surface area contributed by atoms with E-state index in [9.17, 15) is 0 Å². The van der Waals surface area contributed by atoms with Gasteiger partial charge in [0.25, 0.3) is 0 Å². The van der Waals surface area contributed by atoms with Crippen LogP contribution in [0.25, 0.3) is 5.57 Å². The number of H-pyrrole nitrogens is 1. The Kier molecular flexibility index (Phi) is 2.63. The van der Waals surface area contributed by atoms with Crippen molar-refractivity contribution in [3.05, 3.63) is 24.6 Å². The summed E-state index contributed by atoms with van der Waals surface area (Å²) in [5.74, 6) is 1.32. The molecule has 0 atom stereocenters. The molecule has 0 aliphatic heterocycles. The standard InChI is InChI=1S/C8H12N4/c1-4-6(5-2)7-10-8(9-3)12-11-7/h4-5H,1H2,2-3H3,(H2,9,10,11,12)/b6-5+. The Morgan fingerprint density at radius 1 is 1.67 bits per heavy atom. The lowest BCUT2D eigenvalue weighted by atomic mass is 10.2. The summed E-state index contributed by atoms with van der Waals surface area (Å²) in [6.45, 7) is 5.60. The summed E-state index contributed by atoms with van der Waals surface area (Å²) in [6, 6.07) is 0. The van der Waals surface area contributed by atoms with Crippen LogP contribution in [0.3, 0.4) is 0 Å². The van der Waals surface area contributed by atoms with Crippen molar-refractivity contribution < 1.29 is 0 Å². The molecule has 12 heavy (non-hydrogen) atoms. The van der Waals surface area contributed by atoms with Crippen LogP contribution in [0, 0.1) is 0 Å². The van der Waals surface area contributed by atoms with Crippen molar-refractivity contribution in [2.75, 3.05) is 12.4 Å². The lowest BCUT2D eigenvalue weighted by Gasteiger charge is -1.91. The van der Waals surface area contributed by atoms with Gasteiger partial charge in [-0.15, -0.1) is 5.10 Å². The van der Waals surface area contributed by atoms with Gasteiger partial charge in [0.2, 0.25) is 5.95 Å². The summed E-state index contributed by atoms with van der Waals surface area (Å²) in [4.78, 5) is 4.15. The highest BCUT2D eigenvalue weighted by Crippen LogP contribution is 2.10. The van der Waals surface area contributed by atoms with Crippen molar-refractivity contribution in [1.82, 2.24) is 15.2 Å². The van der Waals surface area contributed by atoms with Crippen LogP contribution in [0.4, 0.5) is 5.95 Å². The van der Waals surface area contributed by atoms with Crippen LogP contribution in [-0.2, 0) is 0 Å². The van der Waals surface area contributed by atoms with Crippen LogP contribution in [0.15, 0.2) is 18.7 Å². The number of aromatic amines is 1. The third-order valence-corrected chi connectivity index (χ3v) is 1.51. The fourth-order valence-corrected chi connectivity index (χ4v) is 0.854. The molecule has 0 aliphatic carbocycles. The van der Waals surface area contributed by atoms with Gasteiger partial charge in [0, 0.05) is 12.6 Å². The fraction of sp³-hybridized carbons (Fsp3) is 0.250. The van der Waals surface area contributed by atoms with E-state index in [1.165, 1.54) is 0 Å². The van der Waals surface area contributed by atoms with Crippen LogP contribution >= 0.6 is 0 Å². The second-order valence-corrected chi connectivity index (χ2v) is 2.21. The Labute approximate surface area is 71.4 Å². The molecule has 64 valence electrons. The third-order valence-electron chi connectivity index (χ3n) is 1.51. The predicted molar refractivity (Wildman–Crippen MR) is 49.8 cm³/mol. The zero-order valence-corrected chi connectivity index (χ0v) is 7.26. The van der Waals surface area contributed by atoms with Gasteiger partial charge in [-0.3, -0.25) is 5.10 Å². The van der Waals surface area contributed by atoms with Crippen LogP contribution in [0.1, 0.15) is 12.7 Å². The lowest BCUT2D eigenvalue weighted by molar-refractivity contribution is 1.07. The van der Waals surface area contributed by atoms with E-state index in [1.807, 2.05) is 13.0 Å². The topological polar surface area (TPSA) is 53.6 Å². The van der Waals surface area contributed by atoms with Crippen LogP contribution in [-0.4, -0.2) is 22.2 Å². The molecule has 0 amide bonds.